The van der Waals surface area contributed by atoms with Crippen molar-refractivity contribution in [3.8, 4) is 0 Å². The fraction of sp³-hybridized carbons (Fsp3) is 0. The summed E-state index contributed by atoms with van der Waals surface area (Å²) in [6, 6.07) is 0. The molecule has 0 saturated carbocycles. The molecule has 0 atom stereocenters. The Bertz CT molecular complexity index is 799. The molecule has 104 valence electrons. The maximum absolute atomic E-state index is 11.2. The number of furan rings is 1. The molecule has 14 heteroatoms. The van der Waals surface area contributed by atoms with Crippen molar-refractivity contribution < 1.29 is 29.7 Å². The van der Waals surface area contributed by atoms with Crippen molar-refractivity contribution in [1.29, 1.82) is 0 Å². The Morgan fingerprint density at radius 3 is 1.39 bits per heavy atom. The van der Waals surface area contributed by atoms with E-state index in [4.69, 9.17) is 32.0 Å². The minimum Gasteiger partial charge on any atom is -0.428 e. The Morgan fingerprint density at radius 1 is 0.778 bits per heavy atom. The number of halogens is 3. The maximum atomic E-state index is 11.2. The molecule has 0 bridgehead atoms. The van der Waals surface area contributed by atoms with Gasteiger partial charge in [0.25, 0.3) is 32.2 Å². The Hall–Kier alpha value is 0.350. The Balaban J connectivity index is 3.99. The average Bonchev–Trinajstić information content (AvgIpc) is 2.39. The van der Waals surface area contributed by atoms with E-state index in [9.17, 15) is 25.3 Å². The third-order valence-corrected chi connectivity index (χ3v) is 5.97. The van der Waals surface area contributed by atoms with E-state index in [2.05, 4.69) is 17.0 Å². The molecule has 0 N–H and O–H groups in total. The van der Waals surface area contributed by atoms with Crippen LogP contribution in [-0.4, -0.2) is 25.3 Å². The van der Waals surface area contributed by atoms with Crippen LogP contribution in [0.2, 0.25) is 0 Å². The topological polar surface area (TPSA) is 116 Å². The first-order valence-corrected chi connectivity index (χ1v) is 10.8. The maximum Gasteiger partial charge on any atom is 0.295 e. The van der Waals surface area contributed by atoms with Crippen LogP contribution in [0, 0.1) is 0 Å². The highest BCUT2D eigenvalue weighted by Gasteiger charge is 2.37. The summed E-state index contributed by atoms with van der Waals surface area (Å²) in [6.45, 7) is 0. The first-order valence-electron chi connectivity index (χ1n) is 3.46. The minimum atomic E-state index is -4.71. The Labute approximate surface area is 121 Å². The predicted octanol–water partition coefficient (Wildman–Crippen LogP) is 1.35. The van der Waals surface area contributed by atoms with E-state index in [-0.39, 0.29) is 0 Å². The molecule has 0 aliphatic rings. The first kappa shape index (κ1) is 16.4. The first-order chi connectivity index (χ1) is 7.76. The molecule has 0 aromatic carbocycles. The highest BCUT2D eigenvalue weighted by Crippen LogP contribution is 2.40. The summed E-state index contributed by atoms with van der Waals surface area (Å²) in [5, 5.41) is -2.56. The molecule has 0 unspecified atom stereocenters. The van der Waals surface area contributed by atoms with Crippen molar-refractivity contribution in [2.24, 2.45) is 0 Å². The molecule has 18 heavy (non-hydrogen) atoms. The van der Waals surface area contributed by atoms with Gasteiger partial charge in [-0.05, 0) is 0 Å². The van der Waals surface area contributed by atoms with Gasteiger partial charge in [-0.25, -0.2) is 25.3 Å². The lowest BCUT2D eigenvalue weighted by Gasteiger charge is -1.94. The summed E-state index contributed by atoms with van der Waals surface area (Å²) < 4.78 is 70.8. The van der Waals surface area contributed by atoms with Gasteiger partial charge in [-0.2, -0.15) is 0 Å². The van der Waals surface area contributed by atoms with Crippen LogP contribution >= 0.6 is 44.7 Å². The van der Waals surface area contributed by atoms with Crippen molar-refractivity contribution in [2.45, 2.75) is 20.0 Å². The third-order valence-electron chi connectivity index (χ3n) is 1.47. The SMILES string of the molecule is O=S(=O)(Cl)c1oc(S(=O)(=O)Cl)c(S(=O)(=O)Cl)c1S. The second-order valence-corrected chi connectivity index (χ2v) is 10.5. The second-order valence-electron chi connectivity index (χ2n) is 2.67. The van der Waals surface area contributed by atoms with Gasteiger partial charge in [0.2, 0.25) is 5.09 Å². The zero-order chi connectivity index (χ0) is 14.5. The molecule has 0 spiro atoms. The van der Waals surface area contributed by atoms with E-state index >= 15 is 0 Å². The molecular formula is C4HCl3O7S4. The van der Waals surface area contributed by atoms with Crippen LogP contribution in [0.5, 0.6) is 0 Å². The van der Waals surface area contributed by atoms with Crippen LogP contribution < -0.4 is 0 Å². The summed E-state index contributed by atoms with van der Waals surface area (Å²) in [5.41, 5.74) is 0. The number of hydrogen-bond donors (Lipinski definition) is 1. The van der Waals surface area contributed by atoms with Crippen LogP contribution in [0.1, 0.15) is 0 Å². The van der Waals surface area contributed by atoms with E-state index in [1.165, 1.54) is 0 Å². The van der Waals surface area contributed by atoms with Gasteiger partial charge in [0.05, 0.1) is 4.90 Å². The van der Waals surface area contributed by atoms with Gasteiger partial charge in [-0.15, -0.1) is 12.6 Å². The smallest absolute Gasteiger partial charge is 0.295 e. The van der Waals surface area contributed by atoms with Gasteiger partial charge in [-0.3, -0.25) is 0 Å². The van der Waals surface area contributed by atoms with Crippen molar-refractivity contribution >= 4 is 71.8 Å². The van der Waals surface area contributed by atoms with Crippen molar-refractivity contribution in [1.82, 2.24) is 0 Å². The lowest BCUT2D eigenvalue weighted by atomic mass is 10.6. The van der Waals surface area contributed by atoms with Gasteiger partial charge in [0.1, 0.15) is 0 Å². The Kier molecular flexibility index (Phi) is 4.30. The molecule has 7 nitrogen and oxygen atoms in total. The summed E-state index contributed by atoms with van der Waals surface area (Å²) in [7, 11) is 0.780. The molecular weight excluding hydrogens is 395 g/mol. The zero-order valence-corrected chi connectivity index (χ0v) is 13.3. The molecule has 0 aliphatic heterocycles. The molecule has 0 fully saturated rings. The molecule has 1 rings (SSSR count). The summed E-state index contributed by atoms with van der Waals surface area (Å²) in [6.07, 6.45) is 0. The quantitative estimate of drug-likeness (QED) is 0.606. The summed E-state index contributed by atoms with van der Waals surface area (Å²) in [5.74, 6) is 0. The Morgan fingerprint density at radius 2 is 1.17 bits per heavy atom. The van der Waals surface area contributed by atoms with Gasteiger partial charge in [-0.1, -0.05) is 0 Å². The average molecular weight is 396 g/mol. The summed E-state index contributed by atoms with van der Waals surface area (Å²) >= 11 is 3.51. The van der Waals surface area contributed by atoms with E-state index in [0.717, 1.165) is 0 Å². The standard InChI is InChI=1S/C4HCl3O7S4/c5-16(8,9)2-1(15)3(17(6,10)11)14-4(2)18(7,12)13/h15H. The highest BCUT2D eigenvalue weighted by atomic mass is 35.7. The fourth-order valence-electron chi connectivity index (χ4n) is 0.909. The third kappa shape index (κ3) is 3.26. The molecule has 0 amide bonds. The largest absolute Gasteiger partial charge is 0.428 e. The van der Waals surface area contributed by atoms with Gasteiger partial charge in [0.15, 0.2) is 4.90 Å². The zero-order valence-electron chi connectivity index (χ0n) is 7.66. The molecule has 0 aliphatic carbocycles. The van der Waals surface area contributed by atoms with E-state index in [1.807, 2.05) is 0 Å². The molecule has 0 saturated heterocycles. The normalized spacial score (nSPS) is 13.8. The van der Waals surface area contributed by atoms with Crippen LogP contribution in [0.3, 0.4) is 0 Å². The predicted molar refractivity (Wildman–Crippen MR) is 65.1 cm³/mol. The van der Waals surface area contributed by atoms with E-state index in [0.29, 0.717) is 0 Å². The van der Waals surface area contributed by atoms with Gasteiger partial charge < -0.3 is 4.42 Å². The number of thiol groups is 1. The monoisotopic (exact) mass is 394 g/mol. The molecule has 0 radical (unpaired) electrons. The number of rotatable bonds is 3. The van der Waals surface area contributed by atoms with Gasteiger partial charge >= 0.3 is 0 Å². The number of hydrogen-bond acceptors (Lipinski definition) is 8. The van der Waals surface area contributed by atoms with Crippen LogP contribution in [0.4, 0.5) is 0 Å². The van der Waals surface area contributed by atoms with Gasteiger partial charge in [0, 0.05) is 32.0 Å². The molecule has 1 heterocycles. The van der Waals surface area contributed by atoms with Crippen LogP contribution in [0.25, 0.3) is 0 Å². The minimum absolute atomic E-state index is 0.876. The van der Waals surface area contributed by atoms with Crippen LogP contribution in [-0.2, 0) is 27.2 Å². The van der Waals surface area contributed by atoms with E-state index in [1.54, 1.807) is 0 Å². The van der Waals surface area contributed by atoms with Crippen molar-refractivity contribution in [2.75, 3.05) is 0 Å². The lowest BCUT2D eigenvalue weighted by Crippen LogP contribution is -1.98. The fourth-order valence-corrected chi connectivity index (χ4v) is 5.91. The lowest BCUT2D eigenvalue weighted by molar-refractivity contribution is 0.363. The van der Waals surface area contributed by atoms with Crippen molar-refractivity contribution in [3.63, 3.8) is 0 Å². The summed E-state index contributed by atoms with van der Waals surface area (Å²) in [4.78, 5) is -2.07. The molecule has 1 aromatic rings. The second kappa shape index (κ2) is 4.72. The van der Waals surface area contributed by atoms with Crippen LogP contribution in [0.15, 0.2) is 24.4 Å². The van der Waals surface area contributed by atoms with E-state index < -0.39 is 47.1 Å². The highest BCUT2D eigenvalue weighted by molar-refractivity contribution is 8.16. The van der Waals surface area contributed by atoms with Crippen molar-refractivity contribution in [3.05, 3.63) is 0 Å². The molecule has 1 aromatic heterocycles.